The van der Waals surface area contributed by atoms with E-state index in [-0.39, 0.29) is 16.9 Å². The standard InChI is InChI=1S/C23H27ClN4O2S/c1-2-3-9-21(29)26-23(31)25-18-10-11-20(19(24)16-18)27-12-14-28(15-13-27)22(30)17-7-5-4-6-8-17/h4-8,10-11,16H,2-3,9,12-15H2,1H3,(H2,25,26,29,31). The number of anilines is 2. The van der Waals surface area contributed by atoms with Crippen LogP contribution in [-0.4, -0.2) is 48.0 Å². The quantitative estimate of drug-likeness (QED) is 0.631. The molecule has 2 aromatic carbocycles. The highest BCUT2D eigenvalue weighted by atomic mass is 35.5. The van der Waals surface area contributed by atoms with Gasteiger partial charge in [-0.25, -0.2) is 0 Å². The first-order chi connectivity index (χ1) is 15.0. The number of benzene rings is 2. The Hall–Kier alpha value is -2.64. The van der Waals surface area contributed by atoms with E-state index in [4.69, 9.17) is 23.8 Å². The summed E-state index contributed by atoms with van der Waals surface area (Å²) < 4.78 is 0. The lowest BCUT2D eigenvalue weighted by molar-refractivity contribution is -0.119. The normalized spacial score (nSPS) is 13.6. The molecule has 0 saturated carbocycles. The van der Waals surface area contributed by atoms with Crippen molar-refractivity contribution in [2.75, 3.05) is 36.4 Å². The summed E-state index contributed by atoms with van der Waals surface area (Å²) in [4.78, 5) is 28.5. The average molecular weight is 459 g/mol. The molecule has 1 heterocycles. The molecule has 1 saturated heterocycles. The largest absolute Gasteiger partial charge is 0.367 e. The molecule has 0 aromatic heterocycles. The maximum atomic E-state index is 12.6. The molecule has 2 amide bonds. The topological polar surface area (TPSA) is 64.7 Å². The van der Waals surface area contributed by atoms with Crippen LogP contribution in [-0.2, 0) is 4.79 Å². The second-order valence-electron chi connectivity index (χ2n) is 7.42. The van der Waals surface area contributed by atoms with Crippen LogP contribution in [0.4, 0.5) is 11.4 Å². The number of carbonyl (C=O) groups excluding carboxylic acids is 2. The van der Waals surface area contributed by atoms with Crippen LogP contribution in [0.1, 0.15) is 36.5 Å². The number of amides is 2. The minimum atomic E-state index is -0.0926. The Bertz CT molecular complexity index is 930. The number of hydrogen-bond donors (Lipinski definition) is 2. The predicted octanol–water partition coefficient (Wildman–Crippen LogP) is 4.31. The number of piperazine rings is 1. The predicted molar refractivity (Wildman–Crippen MR) is 130 cm³/mol. The molecule has 0 unspecified atom stereocenters. The van der Waals surface area contributed by atoms with Gasteiger partial charge in [-0.15, -0.1) is 0 Å². The lowest BCUT2D eigenvalue weighted by Gasteiger charge is -2.36. The Morgan fingerprint density at radius 2 is 1.77 bits per heavy atom. The molecule has 1 aliphatic heterocycles. The number of carbonyl (C=O) groups is 2. The Morgan fingerprint density at radius 1 is 1.06 bits per heavy atom. The first kappa shape index (κ1) is 23.0. The summed E-state index contributed by atoms with van der Waals surface area (Å²) >= 11 is 11.7. The minimum absolute atomic E-state index is 0.0559. The van der Waals surface area contributed by atoms with E-state index in [2.05, 4.69) is 15.5 Å². The lowest BCUT2D eigenvalue weighted by Crippen LogP contribution is -2.48. The van der Waals surface area contributed by atoms with Crippen LogP contribution in [0.5, 0.6) is 0 Å². The van der Waals surface area contributed by atoms with E-state index in [1.807, 2.05) is 54.3 Å². The number of thiocarbonyl (C=S) groups is 1. The van der Waals surface area contributed by atoms with Gasteiger partial charge in [0.2, 0.25) is 5.91 Å². The van der Waals surface area contributed by atoms with Gasteiger partial charge in [0.1, 0.15) is 0 Å². The van der Waals surface area contributed by atoms with Gasteiger partial charge < -0.3 is 20.4 Å². The maximum absolute atomic E-state index is 12.6. The third-order valence-electron chi connectivity index (χ3n) is 5.14. The van der Waals surface area contributed by atoms with Crippen molar-refractivity contribution < 1.29 is 9.59 Å². The van der Waals surface area contributed by atoms with Crippen LogP contribution in [0.3, 0.4) is 0 Å². The third-order valence-corrected chi connectivity index (χ3v) is 5.65. The van der Waals surface area contributed by atoms with Gasteiger partial charge in [0, 0.05) is 43.9 Å². The lowest BCUT2D eigenvalue weighted by atomic mass is 10.1. The fraction of sp³-hybridized carbons (Fsp3) is 0.348. The summed E-state index contributed by atoms with van der Waals surface area (Å²) in [6.45, 7) is 4.72. The van der Waals surface area contributed by atoms with Crippen molar-refractivity contribution >= 4 is 52.1 Å². The van der Waals surface area contributed by atoms with Crippen LogP contribution in [0, 0.1) is 0 Å². The van der Waals surface area contributed by atoms with Gasteiger partial charge in [0.15, 0.2) is 5.11 Å². The van der Waals surface area contributed by atoms with Crippen molar-refractivity contribution in [2.45, 2.75) is 26.2 Å². The summed E-state index contributed by atoms with van der Waals surface area (Å²) in [6.07, 6.45) is 2.25. The van der Waals surface area contributed by atoms with E-state index in [1.165, 1.54) is 0 Å². The molecule has 6 nitrogen and oxygen atoms in total. The van der Waals surface area contributed by atoms with Crippen LogP contribution in [0.15, 0.2) is 48.5 Å². The first-order valence-electron chi connectivity index (χ1n) is 10.5. The summed E-state index contributed by atoms with van der Waals surface area (Å²) in [7, 11) is 0. The maximum Gasteiger partial charge on any atom is 0.253 e. The van der Waals surface area contributed by atoms with Gasteiger partial charge in [-0.05, 0) is 49.0 Å². The number of rotatable bonds is 6. The molecule has 2 aromatic rings. The van der Waals surface area contributed by atoms with Crippen LogP contribution < -0.4 is 15.5 Å². The third kappa shape index (κ3) is 6.42. The molecule has 0 spiro atoms. The highest BCUT2D eigenvalue weighted by Crippen LogP contribution is 2.30. The van der Waals surface area contributed by atoms with Crippen molar-refractivity contribution in [3.8, 4) is 0 Å². The molecule has 1 aliphatic rings. The number of nitrogens with one attached hydrogen (secondary N) is 2. The second-order valence-corrected chi connectivity index (χ2v) is 8.23. The van der Waals surface area contributed by atoms with Crippen LogP contribution in [0.2, 0.25) is 5.02 Å². The Balaban J connectivity index is 1.54. The smallest absolute Gasteiger partial charge is 0.253 e. The zero-order chi connectivity index (χ0) is 22.2. The molecule has 2 N–H and O–H groups in total. The van der Waals surface area contributed by atoms with Gasteiger partial charge in [-0.2, -0.15) is 0 Å². The molecule has 0 radical (unpaired) electrons. The van der Waals surface area contributed by atoms with Gasteiger partial charge in [-0.1, -0.05) is 43.1 Å². The highest BCUT2D eigenvalue weighted by Gasteiger charge is 2.23. The number of nitrogens with zero attached hydrogens (tertiary/aromatic N) is 2. The molecular formula is C23H27ClN4O2S. The molecule has 1 fully saturated rings. The zero-order valence-corrected chi connectivity index (χ0v) is 19.1. The monoisotopic (exact) mass is 458 g/mol. The number of hydrogen-bond acceptors (Lipinski definition) is 4. The van der Waals surface area contributed by atoms with Gasteiger partial charge in [0.05, 0.1) is 10.7 Å². The second kappa shape index (κ2) is 11.1. The van der Waals surface area contributed by atoms with Crippen molar-refractivity contribution in [3.63, 3.8) is 0 Å². The number of halogens is 1. The molecule has 8 heteroatoms. The van der Waals surface area contributed by atoms with Crippen molar-refractivity contribution in [1.29, 1.82) is 0 Å². The summed E-state index contributed by atoms with van der Waals surface area (Å²) in [6, 6.07) is 14.9. The van der Waals surface area contributed by atoms with Crippen LogP contribution in [0.25, 0.3) is 0 Å². The molecular weight excluding hydrogens is 432 g/mol. The molecule has 0 aliphatic carbocycles. The summed E-state index contributed by atoms with van der Waals surface area (Å²) in [5, 5.41) is 6.54. The highest BCUT2D eigenvalue weighted by molar-refractivity contribution is 7.80. The van der Waals surface area contributed by atoms with E-state index >= 15 is 0 Å². The van der Waals surface area contributed by atoms with Crippen molar-refractivity contribution in [3.05, 3.63) is 59.1 Å². The van der Waals surface area contributed by atoms with Gasteiger partial charge in [-0.3, -0.25) is 9.59 Å². The van der Waals surface area contributed by atoms with Crippen molar-refractivity contribution in [1.82, 2.24) is 10.2 Å². The first-order valence-corrected chi connectivity index (χ1v) is 11.3. The summed E-state index contributed by atoms with van der Waals surface area (Å²) in [5.74, 6) is -0.0367. The molecule has 31 heavy (non-hydrogen) atoms. The molecule has 0 atom stereocenters. The van der Waals surface area contributed by atoms with Gasteiger partial charge >= 0.3 is 0 Å². The number of unbranched alkanes of at least 4 members (excludes halogenated alkanes) is 1. The van der Waals surface area contributed by atoms with E-state index in [0.717, 1.165) is 18.5 Å². The van der Waals surface area contributed by atoms with Crippen molar-refractivity contribution in [2.24, 2.45) is 0 Å². The van der Waals surface area contributed by atoms with E-state index in [1.54, 1.807) is 6.07 Å². The SMILES string of the molecule is CCCCC(=O)NC(=S)Nc1ccc(N2CCN(C(=O)c3ccccc3)CC2)c(Cl)c1. The van der Waals surface area contributed by atoms with E-state index in [9.17, 15) is 9.59 Å². The van der Waals surface area contributed by atoms with E-state index in [0.29, 0.717) is 48.9 Å². The fourth-order valence-corrected chi connectivity index (χ4v) is 3.98. The fourth-order valence-electron chi connectivity index (χ4n) is 3.44. The minimum Gasteiger partial charge on any atom is -0.367 e. The Labute approximate surface area is 193 Å². The van der Waals surface area contributed by atoms with E-state index < -0.39 is 0 Å². The van der Waals surface area contributed by atoms with Crippen LogP contribution >= 0.6 is 23.8 Å². The molecule has 0 bridgehead atoms. The molecule has 164 valence electrons. The van der Waals surface area contributed by atoms with Gasteiger partial charge in [0.25, 0.3) is 5.91 Å². The summed E-state index contributed by atoms with van der Waals surface area (Å²) in [5.41, 5.74) is 2.34. The average Bonchev–Trinajstić information content (AvgIpc) is 2.78. The Morgan fingerprint density at radius 3 is 2.42 bits per heavy atom. The molecule has 3 rings (SSSR count). The Kier molecular flexibility index (Phi) is 8.26. The zero-order valence-electron chi connectivity index (χ0n) is 17.6.